The summed E-state index contributed by atoms with van der Waals surface area (Å²) in [4.78, 5) is 12.9. The van der Waals surface area contributed by atoms with Crippen molar-refractivity contribution in [2.24, 2.45) is 0 Å². The summed E-state index contributed by atoms with van der Waals surface area (Å²) in [6.45, 7) is 1.03. The third-order valence-electron chi connectivity index (χ3n) is 2.94. The number of carboxylic acids is 1. The van der Waals surface area contributed by atoms with Gasteiger partial charge in [-0.3, -0.25) is 4.90 Å². The monoisotopic (exact) mass is 280 g/mol. The minimum Gasteiger partial charge on any atom is -0.478 e. The normalized spacial score (nSPS) is 11.3. The highest BCUT2D eigenvalue weighted by Gasteiger charge is 2.15. The van der Waals surface area contributed by atoms with Gasteiger partial charge >= 0.3 is 5.97 Å². The van der Waals surface area contributed by atoms with Crippen LogP contribution in [0.4, 0.5) is 0 Å². The number of fused-ring (bicyclic) bond motifs is 1. The maximum Gasteiger partial charge on any atom is 0.338 e. The van der Waals surface area contributed by atoms with E-state index in [1.807, 2.05) is 0 Å². The second-order valence-electron chi connectivity index (χ2n) is 4.27. The van der Waals surface area contributed by atoms with Crippen LogP contribution in [-0.2, 0) is 6.67 Å². The summed E-state index contributed by atoms with van der Waals surface area (Å²) in [6, 6.07) is 4.84. The molecule has 0 fully saturated rings. The van der Waals surface area contributed by atoms with E-state index in [1.54, 1.807) is 21.7 Å². The Bertz CT molecular complexity index is 592. The molecular weight excluding hydrogens is 264 g/mol. The zero-order chi connectivity index (χ0) is 14.5. The number of aromatic nitrogens is 3. The lowest BCUT2D eigenvalue weighted by Crippen LogP contribution is -2.32. The first-order chi connectivity index (χ1) is 9.67. The van der Waals surface area contributed by atoms with Crippen LogP contribution in [-0.4, -0.2) is 67.5 Å². The van der Waals surface area contributed by atoms with E-state index < -0.39 is 5.97 Å². The van der Waals surface area contributed by atoms with Gasteiger partial charge in [0.25, 0.3) is 0 Å². The van der Waals surface area contributed by atoms with Crippen LogP contribution in [0.1, 0.15) is 10.4 Å². The Hall–Kier alpha value is -2.03. The van der Waals surface area contributed by atoms with Crippen LogP contribution < -0.4 is 0 Å². The molecule has 3 N–H and O–H groups in total. The molecule has 0 spiro atoms. The predicted molar refractivity (Wildman–Crippen MR) is 70.2 cm³/mol. The standard InChI is InChI=1S/C12H16N4O4/c17-6-4-15(5-7-18)8-16-10-3-1-2-9(12(19)20)11(10)13-14-16/h1-3,17-18H,4-8H2,(H,19,20). The van der Waals surface area contributed by atoms with Crippen molar-refractivity contribution in [1.29, 1.82) is 0 Å². The van der Waals surface area contributed by atoms with Gasteiger partial charge in [0.1, 0.15) is 5.52 Å². The molecule has 0 atom stereocenters. The van der Waals surface area contributed by atoms with E-state index in [9.17, 15) is 4.79 Å². The average molecular weight is 280 g/mol. The Morgan fingerprint density at radius 2 is 1.95 bits per heavy atom. The zero-order valence-corrected chi connectivity index (χ0v) is 10.8. The van der Waals surface area contributed by atoms with Crippen molar-refractivity contribution in [2.75, 3.05) is 26.3 Å². The van der Waals surface area contributed by atoms with Gasteiger partial charge in [0.15, 0.2) is 0 Å². The van der Waals surface area contributed by atoms with Crippen LogP contribution >= 0.6 is 0 Å². The van der Waals surface area contributed by atoms with Crippen LogP contribution in [0.25, 0.3) is 11.0 Å². The van der Waals surface area contributed by atoms with Gasteiger partial charge in [-0.25, -0.2) is 9.48 Å². The fourth-order valence-electron chi connectivity index (χ4n) is 1.99. The third kappa shape index (κ3) is 2.93. The first-order valence-electron chi connectivity index (χ1n) is 6.17. The van der Waals surface area contributed by atoms with Crippen LogP contribution in [0.2, 0.25) is 0 Å². The maximum absolute atomic E-state index is 11.1. The van der Waals surface area contributed by atoms with Crippen molar-refractivity contribution in [1.82, 2.24) is 19.9 Å². The Morgan fingerprint density at radius 1 is 1.25 bits per heavy atom. The smallest absolute Gasteiger partial charge is 0.338 e. The highest BCUT2D eigenvalue weighted by atomic mass is 16.4. The molecule has 2 rings (SSSR count). The predicted octanol–water partition coefficient (Wildman–Crippen LogP) is -0.626. The zero-order valence-electron chi connectivity index (χ0n) is 10.8. The first kappa shape index (κ1) is 14.4. The van der Waals surface area contributed by atoms with Gasteiger partial charge in [-0.05, 0) is 12.1 Å². The first-order valence-corrected chi connectivity index (χ1v) is 6.17. The third-order valence-corrected chi connectivity index (χ3v) is 2.94. The summed E-state index contributed by atoms with van der Waals surface area (Å²) in [7, 11) is 0. The number of hydrogen-bond acceptors (Lipinski definition) is 6. The van der Waals surface area contributed by atoms with Crippen LogP contribution in [0.5, 0.6) is 0 Å². The minimum atomic E-state index is -1.05. The fourth-order valence-corrected chi connectivity index (χ4v) is 1.99. The van der Waals surface area contributed by atoms with Gasteiger partial charge in [0.05, 0.1) is 31.0 Å². The van der Waals surface area contributed by atoms with Gasteiger partial charge in [0, 0.05) is 13.1 Å². The van der Waals surface area contributed by atoms with Crippen molar-refractivity contribution in [3.05, 3.63) is 23.8 Å². The van der Waals surface area contributed by atoms with Crippen molar-refractivity contribution < 1.29 is 20.1 Å². The van der Waals surface area contributed by atoms with Gasteiger partial charge in [-0.1, -0.05) is 11.3 Å². The fraction of sp³-hybridized carbons (Fsp3) is 0.417. The van der Waals surface area contributed by atoms with E-state index in [-0.39, 0.29) is 18.8 Å². The lowest BCUT2D eigenvalue weighted by Gasteiger charge is -2.19. The van der Waals surface area contributed by atoms with Crippen LogP contribution in [0.3, 0.4) is 0 Å². The molecule has 1 aromatic heterocycles. The second kappa shape index (κ2) is 6.42. The lowest BCUT2D eigenvalue weighted by atomic mass is 10.2. The molecule has 0 saturated heterocycles. The van der Waals surface area contributed by atoms with Crippen molar-refractivity contribution in [3.63, 3.8) is 0 Å². The van der Waals surface area contributed by atoms with E-state index in [1.165, 1.54) is 6.07 Å². The Balaban J connectivity index is 2.31. The Kier molecular flexibility index (Phi) is 4.61. The van der Waals surface area contributed by atoms with Gasteiger partial charge in [-0.15, -0.1) is 5.10 Å². The molecule has 20 heavy (non-hydrogen) atoms. The number of aliphatic hydroxyl groups excluding tert-OH is 2. The summed E-state index contributed by atoms with van der Waals surface area (Å²) in [5, 5.41) is 34.9. The van der Waals surface area contributed by atoms with Crippen molar-refractivity contribution >= 4 is 17.0 Å². The Morgan fingerprint density at radius 3 is 2.55 bits per heavy atom. The number of carboxylic acid groups (broad SMARTS) is 1. The number of nitrogens with zero attached hydrogens (tertiary/aromatic N) is 4. The van der Waals surface area contributed by atoms with Gasteiger partial charge < -0.3 is 15.3 Å². The molecule has 0 unspecified atom stereocenters. The summed E-state index contributed by atoms with van der Waals surface area (Å²) in [5.41, 5.74) is 1.03. The van der Waals surface area contributed by atoms with E-state index in [0.717, 1.165) is 0 Å². The lowest BCUT2D eigenvalue weighted by molar-refractivity contribution is 0.0699. The summed E-state index contributed by atoms with van der Waals surface area (Å²) < 4.78 is 1.55. The molecule has 108 valence electrons. The molecule has 1 aromatic carbocycles. The molecule has 0 saturated carbocycles. The van der Waals surface area contributed by atoms with E-state index in [2.05, 4.69) is 10.3 Å². The van der Waals surface area contributed by atoms with E-state index >= 15 is 0 Å². The van der Waals surface area contributed by atoms with Crippen LogP contribution in [0.15, 0.2) is 18.2 Å². The van der Waals surface area contributed by atoms with Crippen molar-refractivity contribution in [2.45, 2.75) is 6.67 Å². The molecule has 0 amide bonds. The number of hydrogen-bond donors (Lipinski definition) is 3. The van der Waals surface area contributed by atoms with Crippen molar-refractivity contribution in [3.8, 4) is 0 Å². The van der Waals surface area contributed by atoms with Crippen LogP contribution in [0, 0.1) is 0 Å². The molecule has 8 heteroatoms. The molecule has 0 radical (unpaired) electrons. The number of carbonyl (C=O) groups is 1. The highest BCUT2D eigenvalue weighted by molar-refractivity contribution is 6.00. The summed E-state index contributed by atoms with van der Waals surface area (Å²) in [6.07, 6.45) is 0. The molecule has 0 aliphatic heterocycles. The van der Waals surface area contributed by atoms with E-state index in [0.29, 0.717) is 30.8 Å². The maximum atomic E-state index is 11.1. The topological polar surface area (TPSA) is 112 Å². The quantitative estimate of drug-likeness (QED) is 0.619. The molecular formula is C12H16N4O4. The number of aromatic carboxylic acids is 1. The highest BCUT2D eigenvalue weighted by Crippen LogP contribution is 2.16. The minimum absolute atomic E-state index is 0.0347. The molecule has 0 aliphatic carbocycles. The number of benzene rings is 1. The van der Waals surface area contributed by atoms with Gasteiger partial charge in [0.2, 0.25) is 0 Å². The molecule has 0 aliphatic rings. The summed E-state index contributed by atoms with van der Waals surface area (Å²) >= 11 is 0. The number of aliphatic hydroxyl groups is 2. The molecule has 2 aromatic rings. The molecule has 1 heterocycles. The second-order valence-corrected chi connectivity index (χ2v) is 4.27. The van der Waals surface area contributed by atoms with E-state index in [4.69, 9.17) is 15.3 Å². The molecule has 0 bridgehead atoms. The SMILES string of the molecule is O=C(O)c1cccc2c1nnn2CN(CCO)CCO. The average Bonchev–Trinajstić information content (AvgIpc) is 2.82. The largest absolute Gasteiger partial charge is 0.478 e. The Labute approximate surface area is 114 Å². The molecule has 8 nitrogen and oxygen atoms in total. The number of rotatable bonds is 7. The summed E-state index contributed by atoms with van der Waals surface area (Å²) in [5.74, 6) is -1.05. The van der Waals surface area contributed by atoms with Gasteiger partial charge in [-0.2, -0.15) is 0 Å².